The Morgan fingerprint density at radius 1 is 1.34 bits per heavy atom. The first kappa shape index (κ1) is 22.3. The lowest BCUT2D eigenvalue weighted by molar-refractivity contribution is -0.145. The van der Waals surface area contributed by atoms with E-state index >= 15 is 0 Å². The van der Waals surface area contributed by atoms with Crippen molar-refractivity contribution in [2.24, 2.45) is 5.10 Å². The summed E-state index contributed by atoms with van der Waals surface area (Å²) >= 11 is 6.17. The zero-order valence-electron chi connectivity index (χ0n) is 15.4. The Labute approximate surface area is 169 Å². The van der Waals surface area contributed by atoms with Gasteiger partial charge in [-0.15, -0.1) is 0 Å². The highest BCUT2D eigenvalue weighted by Gasteiger charge is 2.30. The number of halogens is 4. The molecule has 29 heavy (non-hydrogen) atoms. The molecular weight excluding hydrogens is 415 g/mol. The number of methoxy groups -OCH3 is 1. The number of esters is 1. The molecule has 1 aromatic carbocycles. The fourth-order valence-electron chi connectivity index (χ4n) is 2.09. The van der Waals surface area contributed by atoms with Crippen LogP contribution < -0.4 is 14.9 Å². The molecule has 7 nitrogen and oxygen atoms in total. The molecule has 0 amide bonds. The van der Waals surface area contributed by atoms with Gasteiger partial charge in [-0.1, -0.05) is 11.6 Å². The highest BCUT2D eigenvalue weighted by Crippen LogP contribution is 2.36. The van der Waals surface area contributed by atoms with Crippen molar-refractivity contribution in [1.82, 2.24) is 4.98 Å². The smallest absolute Gasteiger partial charge is 0.417 e. The number of carbonyl (C=O) groups excluding carboxylic acids is 1. The van der Waals surface area contributed by atoms with Gasteiger partial charge in [0, 0.05) is 6.20 Å². The topological polar surface area (TPSA) is 82.0 Å². The van der Waals surface area contributed by atoms with E-state index in [2.05, 4.69) is 15.5 Å². The van der Waals surface area contributed by atoms with Crippen molar-refractivity contribution in [3.05, 3.63) is 46.6 Å². The molecule has 0 atom stereocenters. The first-order valence-corrected chi connectivity index (χ1v) is 8.60. The van der Waals surface area contributed by atoms with E-state index in [4.69, 9.17) is 25.8 Å². The highest BCUT2D eigenvalue weighted by atomic mass is 35.5. The van der Waals surface area contributed by atoms with Crippen LogP contribution in [0.25, 0.3) is 0 Å². The van der Waals surface area contributed by atoms with Crippen LogP contribution in [-0.2, 0) is 15.7 Å². The van der Waals surface area contributed by atoms with Crippen LogP contribution in [0.15, 0.2) is 35.6 Å². The Balaban J connectivity index is 2.07. The Bertz CT molecular complexity index is 874. The monoisotopic (exact) mass is 431 g/mol. The third-order valence-corrected chi connectivity index (χ3v) is 3.66. The van der Waals surface area contributed by atoms with E-state index in [0.717, 1.165) is 12.1 Å². The van der Waals surface area contributed by atoms with Gasteiger partial charge in [-0.2, -0.15) is 18.3 Å². The molecule has 0 saturated heterocycles. The molecule has 0 bridgehead atoms. The summed E-state index contributed by atoms with van der Waals surface area (Å²) in [6, 6.07) is 5.11. The standard InChI is InChI=1S/C18H17ClF3N3O4/c1-3-28-16(26)10-29-17-13(19)6-11(7-14(17)27-2)8-24-25-15-5-4-12(9-23-15)18(20,21)22/h4-9H,3,10H2,1-2H3,(H,23,25)/b24-8-. The van der Waals surface area contributed by atoms with Crippen molar-refractivity contribution in [3.63, 3.8) is 0 Å². The summed E-state index contributed by atoms with van der Waals surface area (Å²) < 4.78 is 52.9. The Hall–Kier alpha value is -3.01. The number of ether oxygens (including phenoxy) is 3. The highest BCUT2D eigenvalue weighted by molar-refractivity contribution is 6.32. The maximum absolute atomic E-state index is 12.5. The fraction of sp³-hybridized carbons (Fsp3) is 0.278. The van der Waals surface area contributed by atoms with Crippen molar-refractivity contribution < 1.29 is 32.2 Å². The number of hydrogen-bond donors (Lipinski definition) is 1. The first-order chi connectivity index (χ1) is 13.7. The van der Waals surface area contributed by atoms with E-state index in [1.54, 1.807) is 13.0 Å². The molecule has 1 aromatic heterocycles. The second-order valence-corrected chi connectivity index (χ2v) is 5.83. The van der Waals surface area contributed by atoms with Crippen LogP contribution in [0.4, 0.5) is 19.0 Å². The van der Waals surface area contributed by atoms with Gasteiger partial charge >= 0.3 is 12.1 Å². The molecule has 0 fully saturated rings. The van der Waals surface area contributed by atoms with Gasteiger partial charge in [-0.3, -0.25) is 5.43 Å². The number of rotatable bonds is 8. The molecule has 11 heteroatoms. The third-order valence-electron chi connectivity index (χ3n) is 3.37. The number of hydrazone groups is 1. The van der Waals surface area contributed by atoms with Crippen molar-refractivity contribution >= 4 is 29.6 Å². The number of hydrogen-bond acceptors (Lipinski definition) is 7. The molecule has 0 radical (unpaired) electrons. The first-order valence-electron chi connectivity index (χ1n) is 8.23. The largest absolute Gasteiger partial charge is 0.493 e. The molecule has 0 aliphatic rings. The molecule has 0 saturated carbocycles. The molecule has 1 heterocycles. The van der Waals surface area contributed by atoms with Crippen LogP contribution in [0, 0.1) is 0 Å². The molecule has 0 unspecified atom stereocenters. The van der Waals surface area contributed by atoms with Crippen LogP contribution in [0.5, 0.6) is 11.5 Å². The zero-order chi connectivity index (χ0) is 21.4. The van der Waals surface area contributed by atoms with Crippen LogP contribution in [0.3, 0.4) is 0 Å². The van der Waals surface area contributed by atoms with Crippen LogP contribution in [0.2, 0.25) is 5.02 Å². The Morgan fingerprint density at radius 2 is 2.10 bits per heavy atom. The second kappa shape index (κ2) is 9.97. The van der Waals surface area contributed by atoms with Crippen LogP contribution in [-0.4, -0.2) is 37.5 Å². The minimum atomic E-state index is -4.46. The quantitative estimate of drug-likeness (QED) is 0.384. The summed E-state index contributed by atoms with van der Waals surface area (Å²) in [4.78, 5) is 15.1. The number of benzene rings is 1. The molecule has 1 N–H and O–H groups in total. The number of nitrogens with one attached hydrogen (secondary N) is 1. The molecule has 0 aliphatic carbocycles. The Kier molecular flexibility index (Phi) is 7.66. The Morgan fingerprint density at radius 3 is 2.69 bits per heavy atom. The summed E-state index contributed by atoms with van der Waals surface area (Å²) in [7, 11) is 1.40. The SMILES string of the molecule is CCOC(=O)COc1c(Cl)cc(/C=N\Nc2ccc(C(F)(F)F)cn2)cc1OC. The van der Waals surface area contributed by atoms with E-state index in [-0.39, 0.29) is 35.6 Å². The summed E-state index contributed by atoms with van der Waals surface area (Å²) in [5, 5.41) is 4.07. The summed E-state index contributed by atoms with van der Waals surface area (Å²) in [6.45, 7) is 1.57. The van der Waals surface area contributed by atoms with E-state index in [9.17, 15) is 18.0 Å². The van der Waals surface area contributed by atoms with Gasteiger partial charge in [0.15, 0.2) is 18.1 Å². The number of aromatic nitrogens is 1. The average molecular weight is 432 g/mol. The summed E-state index contributed by atoms with van der Waals surface area (Å²) in [5.74, 6) is -0.00107. The number of alkyl halides is 3. The minimum absolute atomic E-state index is 0.127. The van der Waals surface area contributed by atoms with Crippen molar-refractivity contribution in [2.45, 2.75) is 13.1 Å². The number of nitrogens with zero attached hydrogens (tertiary/aromatic N) is 2. The molecular formula is C18H17ClF3N3O4. The third kappa shape index (κ3) is 6.53. The second-order valence-electron chi connectivity index (χ2n) is 5.43. The van der Waals surface area contributed by atoms with Gasteiger partial charge in [-0.25, -0.2) is 9.78 Å². The van der Waals surface area contributed by atoms with Crippen LogP contribution in [0.1, 0.15) is 18.1 Å². The molecule has 0 aliphatic heterocycles. The van der Waals surface area contributed by atoms with E-state index in [1.165, 1.54) is 19.4 Å². The lowest BCUT2D eigenvalue weighted by Gasteiger charge is -2.12. The molecule has 0 spiro atoms. The van der Waals surface area contributed by atoms with E-state index in [0.29, 0.717) is 11.8 Å². The molecule has 2 rings (SSSR count). The van der Waals surface area contributed by atoms with Gasteiger partial charge in [-0.05, 0) is 36.8 Å². The lowest BCUT2D eigenvalue weighted by Crippen LogP contribution is -2.15. The minimum Gasteiger partial charge on any atom is -0.493 e. The normalized spacial score (nSPS) is 11.4. The van der Waals surface area contributed by atoms with Gasteiger partial charge in [0.05, 0.1) is 30.5 Å². The van der Waals surface area contributed by atoms with Crippen molar-refractivity contribution in [3.8, 4) is 11.5 Å². The van der Waals surface area contributed by atoms with Gasteiger partial charge in [0.2, 0.25) is 0 Å². The number of anilines is 1. The van der Waals surface area contributed by atoms with Crippen molar-refractivity contribution in [1.29, 1.82) is 0 Å². The van der Waals surface area contributed by atoms with Crippen molar-refractivity contribution in [2.75, 3.05) is 25.7 Å². The van der Waals surface area contributed by atoms with Gasteiger partial charge in [0.25, 0.3) is 0 Å². The maximum Gasteiger partial charge on any atom is 0.417 e. The number of pyridine rings is 1. The van der Waals surface area contributed by atoms with Crippen LogP contribution >= 0.6 is 11.6 Å². The zero-order valence-corrected chi connectivity index (χ0v) is 16.2. The fourth-order valence-corrected chi connectivity index (χ4v) is 2.36. The predicted molar refractivity (Wildman–Crippen MR) is 101 cm³/mol. The number of carbonyl (C=O) groups is 1. The lowest BCUT2D eigenvalue weighted by atomic mass is 10.2. The predicted octanol–water partition coefficient (Wildman–Crippen LogP) is 4.15. The van der Waals surface area contributed by atoms with Gasteiger partial charge < -0.3 is 14.2 Å². The maximum atomic E-state index is 12.5. The summed E-state index contributed by atoms with van der Waals surface area (Å²) in [6.07, 6.45) is -2.39. The molecule has 156 valence electrons. The van der Waals surface area contributed by atoms with E-state index < -0.39 is 17.7 Å². The average Bonchev–Trinajstić information content (AvgIpc) is 2.66. The summed E-state index contributed by atoms with van der Waals surface area (Å²) in [5.41, 5.74) is 2.16. The van der Waals surface area contributed by atoms with E-state index in [1.807, 2.05) is 0 Å². The van der Waals surface area contributed by atoms with Gasteiger partial charge in [0.1, 0.15) is 5.82 Å². The molecule has 2 aromatic rings.